The molecule has 0 saturated carbocycles. The van der Waals surface area contributed by atoms with Gasteiger partial charge < -0.3 is 14.7 Å². The van der Waals surface area contributed by atoms with E-state index in [2.05, 4.69) is 15.4 Å². The van der Waals surface area contributed by atoms with E-state index < -0.39 is 4.92 Å². The van der Waals surface area contributed by atoms with E-state index in [0.717, 1.165) is 32.5 Å². The van der Waals surface area contributed by atoms with Crippen LogP contribution in [0.25, 0.3) is 11.0 Å². The predicted octanol–water partition coefficient (Wildman–Crippen LogP) is 1.56. The van der Waals surface area contributed by atoms with Crippen molar-refractivity contribution in [2.75, 3.05) is 19.6 Å². The molecular weight excluding hydrogens is 300 g/mol. The van der Waals surface area contributed by atoms with Crippen molar-refractivity contribution in [3.63, 3.8) is 0 Å². The number of benzene rings is 1. The van der Waals surface area contributed by atoms with Crippen LogP contribution in [0.5, 0.6) is 0 Å². The van der Waals surface area contributed by atoms with Crippen molar-refractivity contribution in [3.05, 3.63) is 34.0 Å². The topological polar surface area (TPSA) is 102 Å². The number of piperidine rings is 3. The first-order chi connectivity index (χ1) is 11.1. The van der Waals surface area contributed by atoms with E-state index >= 15 is 0 Å². The maximum Gasteiger partial charge on any atom is 0.274 e. The Hall–Kier alpha value is -2.48. The lowest BCUT2D eigenvalue weighted by Crippen LogP contribution is -2.57. The first kappa shape index (κ1) is 14.1. The Bertz CT molecular complexity index is 779. The maximum atomic E-state index is 12.5. The summed E-state index contributed by atoms with van der Waals surface area (Å²) < 4.78 is 5.09. The number of nitro groups is 1. The van der Waals surface area contributed by atoms with Crippen molar-refractivity contribution < 1.29 is 14.2 Å². The summed E-state index contributed by atoms with van der Waals surface area (Å²) in [6, 6.07) is 4.28. The van der Waals surface area contributed by atoms with Gasteiger partial charge in [0, 0.05) is 18.7 Å². The van der Waals surface area contributed by atoms with E-state index in [1.165, 1.54) is 18.2 Å². The number of hydrogen-bond donors (Lipinski definition) is 1. The average Bonchev–Trinajstić information content (AvgIpc) is 2.99. The molecule has 3 fully saturated rings. The van der Waals surface area contributed by atoms with Crippen LogP contribution >= 0.6 is 0 Å². The third kappa shape index (κ3) is 2.44. The van der Waals surface area contributed by atoms with Gasteiger partial charge in [0.15, 0.2) is 11.3 Å². The number of amides is 1. The molecule has 3 aliphatic rings. The largest absolute Gasteiger partial charge is 0.355 e. The number of fused-ring (bicyclic) bond motifs is 4. The van der Waals surface area contributed by atoms with Gasteiger partial charge in [-0.3, -0.25) is 14.9 Å². The van der Waals surface area contributed by atoms with Crippen LogP contribution in [0.15, 0.2) is 22.7 Å². The smallest absolute Gasteiger partial charge is 0.274 e. The number of rotatable bonds is 3. The molecule has 3 saturated heterocycles. The van der Waals surface area contributed by atoms with Crippen LogP contribution in [-0.4, -0.2) is 46.6 Å². The molecule has 23 heavy (non-hydrogen) atoms. The van der Waals surface area contributed by atoms with E-state index in [-0.39, 0.29) is 28.9 Å². The van der Waals surface area contributed by atoms with Gasteiger partial charge in [-0.05, 0) is 37.9 Å². The van der Waals surface area contributed by atoms with Crippen molar-refractivity contribution >= 4 is 22.6 Å². The van der Waals surface area contributed by atoms with Gasteiger partial charge in [-0.25, -0.2) is 0 Å². The standard InChI is InChI=1S/C15H16N4O4/c20-15(16-12-8-18-5-3-9(12)4-6-18)14-11-2-1-10(19(21)22)7-13(11)23-17-14/h1-2,7,9,12H,3-6,8H2,(H,16,20). The van der Waals surface area contributed by atoms with Crippen LogP contribution < -0.4 is 5.32 Å². The SMILES string of the molecule is O=C(NC1CN2CCC1CC2)c1noc2cc([N+](=O)[O-])ccc12. The Morgan fingerprint density at radius 1 is 1.39 bits per heavy atom. The van der Waals surface area contributed by atoms with Crippen molar-refractivity contribution in [2.24, 2.45) is 5.92 Å². The van der Waals surface area contributed by atoms with Crippen LogP contribution in [0.1, 0.15) is 23.3 Å². The van der Waals surface area contributed by atoms with Crippen LogP contribution in [0.2, 0.25) is 0 Å². The highest BCUT2D eigenvalue weighted by Crippen LogP contribution is 2.28. The van der Waals surface area contributed by atoms with Crippen molar-refractivity contribution in [3.8, 4) is 0 Å². The second-order valence-electron chi connectivity index (χ2n) is 6.19. The maximum absolute atomic E-state index is 12.5. The molecule has 1 amide bonds. The fourth-order valence-electron chi connectivity index (χ4n) is 3.57. The molecule has 8 nitrogen and oxygen atoms in total. The molecule has 0 radical (unpaired) electrons. The van der Waals surface area contributed by atoms with Crippen LogP contribution in [0.4, 0.5) is 5.69 Å². The van der Waals surface area contributed by atoms with Crippen molar-refractivity contribution in [1.29, 1.82) is 0 Å². The first-order valence-corrected chi connectivity index (χ1v) is 7.69. The number of nitrogens with one attached hydrogen (secondary N) is 1. The number of carbonyl (C=O) groups excluding carboxylic acids is 1. The normalized spacial score (nSPS) is 26.3. The Morgan fingerprint density at radius 2 is 2.17 bits per heavy atom. The zero-order valence-corrected chi connectivity index (χ0v) is 12.4. The molecule has 0 aliphatic carbocycles. The number of aromatic nitrogens is 1. The Kier molecular flexibility index (Phi) is 3.26. The zero-order valence-electron chi connectivity index (χ0n) is 12.4. The molecule has 1 atom stereocenters. The Labute approximate surface area is 131 Å². The molecule has 1 aromatic carbocycles. The third-order valence-corrected chi connectivity index (χ3v) is 4.85. The second-order valence-corrected chi connectivity index (χ2v) is 6.19. The number of carbonyl (C=O) groups is 1. The van der Waals surface area contributed by atoms with Crippen molar-refractivity contribution in [1.82, 2.24) is 15.4 Å². The summed E-state index contributed by atoms with van der Waals surface area (Å²) in [6.45, 7) is 3.08. The lowest BCUT2D eigenvalue weighted by atomic mass is 9.84. The van der Waals surface area contributed by atoms with Gasteiger partial charge in [0.1, 0.15) is 0 Å². The van der Waals surface area contributed by atoms with Crippen LogP contribution in [0, 0.1) is 16.0 Å². The average molecular weight is 316 g/mol. The zero-order chi connectivity index (χ0) is 16.0. The minimum Gasteiger partial charge on any atom is -0.355 e. The molecule has 3 aliphatic heterocycles. The summed E-state index contributed by atoms with van der Waals surface area (Å²) in [4.78, 5) is 25.1. The summed E-state index contributed by atoms with van der Waals surface area (Å²) in [5.74, 6) is 0.236. The molecule has 5 rings (SSSR count). The molecular formula is C15H16N4O4. The quantitative estimate of drug-likeness (QED) is 0.681. The number of non-ortho nitro benzene ring substituents is 1. The predicted molar refractivity (Wildman–Crippen MR) is 81.1 cm³/mol. The van der Waals surface area contributed by atoms with E-state index in [9.17, 15) is 14.9 Å². The van der Waals surface area contributed by atoms with Crippen LogP contribution in [-0.2, 0) is 0 Å². The highest BCUT2D eigenvalue weighted by molar-refractivity contribution is 6.04. The summed E-state index contributed by atoms with van der Waals surface area (Å²) in [7, 11) is 0. The summed E-state index contributed by atoms with van der Waals surface area (Å²) in [5, 5.41) is 18.1. The lowest BCUT2D eigenvalue weighted by molar-refractivity contribution is -0.384. The van der Waals surface area contributed by atoms with E-state index in [4.69, 9.17) is 4.52 Å². The first-order valence-electron chi connectivity index (χ1n) is 7.69. The fourth-order valence-corrected chi connectivity index (χ4v) is 3.57. The third-order valence-electron chi connectivity index (χ3n) is 4.85. The molecule has 1 aromatic heterocycles. The van der Waals surface area contributed by atoms with Gasteiger partial charge in [-0.15, -0.1) is 0 Å². The number of nitro benzene ring substituents is 1. The van der Waals surface area contributed by atoms with Gasteiger partial charge >= 0.3 is 0 Å². The molecule has 4 heterocycles. The minimum absolute atomic E-state index is 0.0852. The monoisotopic (exact) mass is 316 g/mol. The van der Waals surface area contributed by atoms with E-state index in [0.29, 0.717) is 11.3 Å². The molecule has 1 N–H and O–H groups in total. The Balaban J connectivity index is 1.56. The van der Waals surface area contributed by atoms with E-state index in [1.54, 1.807) is 0 Å². The van der Waals surface area contributed by atoms with Crippen LogP contribution in [0.3, 0.4) is 0 Å². The highest BCUT2D eigenvalue weighted by atomic mass is 16.6. The fraction of sp³-hybridized carbons (Fsp3) is 0.467. The van der Waals surface area contributed by atoms with Gasteiger partial charge in [0.2, 0.25) is 0 Å². The molecule has 8 heteroatoms. The van der Waals surface area contributed by atoms with Crippen molar-refractivity contribution in [2.45, 2.75) is 18.9 Å². The second kappa shape index (κ2) is 5.31. The van der Waals surface area contributed by atoms with Gasteiger partial charge in [0.25, 0.3) is 11.6 Å². The highest BCUT2D eigenvalue weighted by Gasteiger charge is 2.35. The molecule has 1 unspecified atom stereocenters. The van der Waals surface area contributed by atoms with Gasteiger partial charge in [-0.2, -0.15) is 0 Å². The molecule has 2 aromatic rings. The molecule has 120 valence electrons. The minimum atomic E-state index is -0.505. The van der Waals surface area contributed by atoms with E-state index in [1.807, 2.05) is 0 Å². The number of hydrogen-bond acceptors (Lipinski definition) is 6. The Morgan fingerprint density at radius 3 is 2.83 bits per heavy atom. The molecule has 2 bridgehead atoms. The number of nitrogens with zero attached hydrogens (tertiary/aromatic N) is 3. The molecule has 0 spiro atoms. The lowest BCUT2D eigenvalue weighted by Gasteiger charge is -2.44. The summed E-state index contributed by atoms with van der Waals surface area (Å²) >= 11 is 0. The van der Waals surface area contributed by atoms with Gasteiger partial charge in [-0.1, -0.05) is 5.16 Å². The summed E-state index contributed by atoms with van der Waals surface area (Å²) in [6.07, 6.45) is 2.22. The van der Waals surface area contributed by atoms with Gasteiger partial charge in [0.05, 0.1) is 16.4 Å². The summed E-state index contributed by atoms with van der Waals surface area (Å²) in [5.41, 5.74) is 0.350.